The third-order valence-corrected chi connectivity index (χ3v) is 3.99. The number of methoxy groups -OCH3 is 1. The van der Waals surface area contributed by atoms with Gasteiger partial charge in [-0.05, 0) is 41.5 Å². The van der Waals surface area contributed by atoms with E-state index in [1.54, 1.807) is 13.2 Å². The Morgan fingerprint density at radius 3 is 2.71 bits per heavy atom. The zero-order chi connectivity index (χ0) is 15.0. The molecule has 0 aromatic heterocycles. The largest absolute Gasteiger partial charge is 0.497 e. The Labute approximate surface area is 124 Å². The van der Waals surface area contributed by atoms with Gasteiger partial charge in [-0.1, -0.05) is 19.9 Å². The maximum Gasteiger partial charge on any atom is 0.150 e. The van der Waals surface area contributed by atoms with Gasteiger partial charge in [0.2, 0.25) is 0 Å². The summed E-state index contributed by atoms with van der Waals surface area (Å²) in [4.78, 5) is 11.3. The Hall–Kier alpha value is -2.29. The van der Waals surface area contributed by atoms with Crippen molar-refractivity contribution in [1.82, 2.24) is 0 Å². The number of fused-ring (bicyclic) bond motifs is 1. The molecule has 2 aromatic carbocycles. The van der Waals surface area contributed by atoms with E-state index in [1.807, 2.05) is 24.3 Å². The molecular weight excluding hydrogens is 264 g/mol. The number of aldehydes is 1. The van der Waals surface area contributed by atoms with Gasteiger partial charge in [0.25, 0.3) is 0 Å². The zero-order valence-electron chi connectivity index (χ0n) is 12.5. The Kier molecular flexibility index (Phi) is 3.20. The van der Waals surface area contributed by atoms with Crippen LogP contribution in [0, 0.1) is 0 Å². The summed E-state index contributed by atoms with van der Waals surface area (Å²) in [6.07, 6.45) is 0.868. The molecule has 1 aliphatic heterocycles. The fraction of sp³-hybridized carbons (Fsp3) is 0.278. The third-order valence-electron chi connectivity index (χ3n) is 3.99. The second kappa shape index (κ2) is 4.92. The van der Waals surface area contributed by atoms with Gasteiger partial charge in [-0.2, -0.15) is 0 Å². The van der Waals surface area contributed by atoms with E-state index in [0.717, 1.165) is 23.2 Å². The molecule has 0 unspecified atom stereocenters. The Bertz CT molecular complexity index is 702. The van der Waals surface area contributed by atoms with Crippen LogP contribution in [0.5, 0.6) is 11.5 Å². The molecule has 21 heavy (non-hydrogen) atoms. The van der Waals surface area contributed by atoms with Crippen molar-refractivity contribution in [3.05, 3.63) is 47.5 Å². The first-order valence-corrected chi connectivity index (χ1v) is 6.96. The van der Waals surface area contributed by atoms with Gasteiger partial charge in [-0.25, -0.2) is 0 Å². The summed E-state index contributed by atoms with van der Waals surface area (Å²) in [5, 5.41) is 0. The van der Waals surface area contributed by atoms with Crippen LogP contribution in [0.25, 0.3) is 11.1 Å². The normalized spacial score (nSPS) is 15.2. The van der Waals surface area contributed by atoms with Crippen LogP contribution in [-0.4, -0.2) is 20.0 Å². The van der Waals surface area contributed by atoms with E-state index in [0.29, 0.717) is 17.9 Å². The molecule has 108 valence electrons. The number of carbonyl (C=O) groups excluding carboxylic acids is 1. The number of hydrogen-bond donors (Lipinski definition) is 0. The fourth-order valence-electron chi connectivity index (χ4n) is 2.72. The van der Waals surface area contributed by atoms with Crippen molar-refractivity contribution in [2.45, 2.75) is 19.3 Å². The number of benzene rings is 2. The maximum atomic E-state index is 11.3. The van der Waals surface area contributed by atoms with E-state index in [2.05, 4.69) is 19.9 Å². The van der Waals surface area contributed by atoms with Crippen LogP contribution >= 0.6 is 0 Å². The standard InChI is InChI=1S/C18H18O3/c1-18(2)11-21-17-7-4-12(9-16(17)18)15-6-5-14(20-3)8-13(15)10-19/h4-10H,11H2,1-3H3. The van der Waals surface area contributed by atoms with Crippen LogP contribution in [0.2, 0.25) is 0 Å². The van der Waals surface area contributed by atoms with Gasteiger partial charge in [0.15, 0.2) is 6.29 Å². The van der Waals surface area contributed by atoms with Crippen molar-refractivity contribution < 1.29 is 14.3 Å². The molecule has 0 amide bonds. The molecule has 0 bridgehead atoms. The second-order valence-electron chi connectivity index (χ2n) is 5.95. The summed E-state index contributed by atoms with van der Waals surface area (Å²) >= 11 is 0. The second-order valence-corrected chi connectivity index (χ2v) is 5.95. The first-order valence-electron chi connectivity index (χ1n) is 6.96. The molecule has 1 heterocycles. The number of rotatable bonds is 3. The predicted molar refractivity (Wildman–Crippen MR) is 82.3 cm³/mol. The van der Waals surface area contributed by atoms with Crippen molar-refractivity contribution in [1.29, 1.82) is 0 Å². The smallest absolute Gasteiger partial charge is 0.150 e. The van der Waals surface area contributed by atoms with Crippen molar-refractivity contribution in [3.63, 3.8) is 0 Å². The molecule has 0 fully saturated rings. The minimum absolute atomic E-state index is 0.000837. The van der Waals surface area contributed by atoms with E-state index in [1.165, 1.54) is 5.56 Å². The lowest BCUT2D eigenvalue weighted by Gasteiger charge is -2.16. The molecule has 0 spiro atoms. The third kappa shape index (κ3) is 2.29. The summed E-state index contributed by atoms with van der Waals surface area (Å²) in [5.41, 5.74) is 3.76. The first-order chi connectivity index (χ1) is 10.0. The van der Waals surface area contributed by atoms with Gasteiger partial charge in [0.05, 0.1) is 13.7 Å². The lowest BCUT2D eigenvalue weighted by atomic mass is 9.85. The topological polar surface area (TPSA) is 35.5 Å². The van der Waals surface area contributed by atoms with E-state index in [-0.39, 0.29) is 5.41 Å². The van der Waals surface area contributed by atoms with E-state index < -0.39 is 0 Å². The molecule has 0 atom stereocenters. The van der Waals surface area contributed by atoms with Crippen molar-refractivity contribution >= 4 is 6.29 Å². The molecule has 3 nitrogen and oxygen atoms in total. The average Bonchev–Trinajstić information content (AvgIpc) is 2.81. The SMILES string of the molecule is COc1ccc(-c2ccc3c(c2)C(C)(C)CO3)c(C=O)c1. The number of hydrogen-bond acceptors (Lipinski definition) is 3. The molecular formula is C18H18O3. The van der Waals surface area contributed by atoms with Crippen LogP contribution in [0.4, 0.5) is 0 Å². The predicted octanol–water partition coefficient (Wildman–Crippen LogP) is 3.84. The lowest BCUT2D eigenvalue weighted by Crippen LogP contribution is -2.18. The minimum atomic E-state index is -0.000837. The number of ether oxygens (including phenoxy) is 2. The Morgan fingerprint density at radius 1 is 1.19 bits per heavy atom. The van der Waals surface area contributed by atoms with Gasteiger partial charge in [-0.3, -0.25) is 4.79 Å². The van der Waals surface area contributed by atoms with Crippen LogP contribution in [0.3, 0.4) is 0 Å². The average molecular weight is 282 g/mol. The highest BCUT2D eigenvalue weighted by molar-refractivity contribution is 5.88. The van der Waals surface area contributed by atoms with Gasteiger partial charge >= 0.3 is 0 Å². The van der Waals surface area contributed by atoms with Crippen LogP contribution in [0.1, 0.15) is 29.8 Å². The summed E-state index contributed by atoms with van der Waals surface area (Å²) in [6, 6.07) is 11.7. The molecule has 3 rings (SSSR count). The minimum Gasteiger partial charge on any atom is -0.497 e. The van der Waals surface area contributed by atoms with E-state index in [9.17, 15) is 4.79 Å². The van der Waals surface area contributed by atoms with Crippen LogP contribution in [0.15, 0.2) is 36.4 Å². The van der Waals surface area contributed by atoms with Gasteiger partial charge < -0.3 is 9.47 Å². The molecule has 0 aliphatic carbocycles. The van der Waals surface area contributed by atoms with E-state index >= 15 is 0 Å². The maximum absolute atomic E-state index is 11.3. The summed E-state index contributed by atoms with van der Waals surface area (Å²) in [7, 11) is 1.60. The molecule has 0 N–H and O–H groups in total. The van der Waals surface area contributed by atoms with Gasteiger partial charge in [-0.15, -0.1) is 0 Å². The number of carbonyl (C=O) groups is 1. The molecule has 3 heteroatoms. The monoisotopic (exact) mass is 282 g/mol. The zero-order valence-corrected chi connectivity index (χ0v) is 12.5. The fourth-order valence-corrected chi connectivity index (χ4v) is 2.72. The summed E-state index contributed by atoms with van der Waals surface area (Å²) < 4.78 is 10.9. The first kappa shape index (κ1) is 13.7. The van der Waals surface area contributed by atoms with Crippen molar-refractivity contribution in [3.8, 4) is 22.6 Å². The summed E-state index contributed by atoms with van der Waals surface area (Å²) in [5.74, 6) is 1.62. The Balaban J connectivity index is 2.12. The van der Waals surface area contributed by atoms with E-state index in [4.69, 9.17) is 9.47 Å². The quantitative estimate of drug-likeness (QED) is 0.802. The highest BCUT2D eigenvalue weighted by atomic mass is 16.5. The highest BCUT2D eigenvalue weighted by Gasteiger charge is 2.31. The van der Waals surface area contributed by atoms with Gasteiger partial charge in [0, 0.05) is 16.5 Å². The van der Waals surface area contributed by atoms with Crippen LogP contribution in [-0.2, 0) is 5.41 Å². The van der Waals surface area contributed by atoms with Crippen molar-refractivity contribution in [2.24, 2.45) is 0 Å². The molecule has 2 aromatic rings. The van der Waals surface area contributed by atoms with Gasteiger partial charge in [0.1, 0.15) is 11.5 Å². The summed E-state index contributed by atoms with van der Waals surface area (Å²) in [6.45, 7) is 5.02. The molecule has 0 saturated heterocycles. The highest BCUT2D eigenvalue weighted by Crippen LogP contribution is 2.41. The van der Waals surface area contributed by atoms with Crippen molar-refractivity contribution in [2.75, 3.05) is 13.7 Å². The van der Waals surface area contributed by atoms with Crippen LogP contribution < -0.4 is 9.47 Å². The Morgan fingerprint density at radius 2 is 2.00 bits per heavy atom. The lowest BCUT2D eigenvalue weighted by molar-refractivity contribution is 0.112. The molecule has 1 aliphatic rings. The molecule has 0 radical (unpaired) electrons. The molecule has 0 saturated carbocycles.